The van der Waals surface area contributed by atoms with E-state index < -0.39 is 0 Å². The molecule has 0 bridgehead atoms. The lowest BCUT2D eigenvalue weighted by Crippen LogP contribution is -2.25. The first-order chi connectivity index (χ1) is 13.2. The molecular weight excluding hydrogens is 338 g/mol. The van der Waals surface area contributed by atoms with Crippen molar-refractivity contribution in [3.63, 3.8) is 0 Å². The molecule has 3 aromatic rings. The molecule has 0 spiro atoms. The van der Waals surface area contributed by atoms with Crippen molar-refractivity contribution in [3.05, 3.63) is 89.7 Å². The molecule has 138 valence electrons. The van der Waals surface area contributed by atoms with Crippen molar-refractivity contribution in [2.45, 2.75) is 13.0 Å². The fourth-order valence-electron chi connectivity index (χ4n) is 2.68. The maximum Gasteiger partial charge on any atom is 0.252 e. The number of carbonyl (C=O) groups excluding carboxylic acids is 1. The van der Waals surface area contributed by atoms with Crippen LogP contribution in [0.15, 0.2) is 73.1 Å². The quantitative estimate of drug-likeness (QED) is 0.642. The van der Waals surface area contributed by atoms with E-state index in [4.69, 9.17) is 4.74 Å². The summed E-state index contributed by atoms with van der Waals surface area (Å²) in [7, 11) is 1.64. The number of anilines is 1. The summed E-state index contributed by atoms with van der Waals surface area (Å²) in [5.41, 5.74) is 3.68. The maximum atomic E-state index is 12.4. The van der Waals surface area contributed by atoms with Crippen LogP contribution in [-0.2, 0) is 13.0 Å². The van der Waals surface area contributed by atoms with Gasteiger partial charge in [-0.3, -0.25) is 9.78 Å². The largest absolute Gasteiger partial charge is 0.497 e. The summed E-state index contributed by atoms with van der Waals surface area (Å²) in [5.74, 6) is 0.702. The first-order valence-electron chi connectivity index (χ1n) is 8.88. The monoisotopic (exact) mass is 361 g/mol. The van der Waals surface area contributed by atoms with E-state index in [9.17, 15) is 4.79 Å². The van der Waals surface area contributed by atoms with Crippen LogP contribution in [0.5, 0.6) is 5.75 Å². The fourth-order valence-corrected chi connectivity index (χ4v) is 2.68. The Morgan fingerprint density at radius 3 is 2.52 bits per heavy atom. The Hall–Kier alpha value is -3.34. The number of aromatic nitrogens is 1. The van der Waals surface area contributed by atoms with Crippen LogP contribution < -0.4 is 15.4 Å². The summed E-state index contributed by atoms with van der Waals surface area (Å²) in [5, 5.41) is 6.23. The van der Waals surface area contributed by atoms with Gasteiger partial charge in [0.25, 0.3) is 5.91 Å². The molecule has 3 rings (SSSR count). The molecule has 5 nitrogen and oxygen atoms in total. The van der Waals surface area contributed by atoms with Crippen molar-refractivity contribution in [1.82, 2.24) is 10.3 Å². The SMILES string of the molecule is COc1ccc(CCNC(=O)c2cncc(NCc3ccccc3)c2)cc1. The van der Waals surface area contributed by atoms with E-state index in [1.807, 2.05) is 48.5 Å². The number of hydrogen-bond donors (Lipinski definition) is 2. The van der Waals surface area contributed by atoms with Gasteiger partial charge in [0.05, 0.1) is 18.4 Å². The normalized spacial score (nSPS) is 10.3. The minimum absolute atomic E-state index is 0.126. The maximum absolute atomic E-state index is 12.4. The van der Waals surface area contributed by atoms with Crippen LogP contribution in [0.25, 0.3) is 0 Å². The van der Waals surface area contributed by atoms with Crippen molar-refractivity contribution in [2.24, 2.45) is 0 Å². The molecule has 0 aliphatic heterocycles. The lowest BCUT2D eigenvalue weighted by atomic mass is 10.1. The zero-order valence-corrected chi connectivity index (χ0v) is 15.3. The van der Waals surface area contributed by atoms with Gasteiger partial charge in [0, 0.05) is 25.5 Å². The molecule has 0 aliphatic carbocycles. The Morgan fingerprint density at radius 1 is 1.00 bits per heavy atom. The van der Waals surface area contributed by atoms with Crippen LogP contribution >= 0.6 is 0 Å². The predicted molar refractivity (Wildman–Crippen MR) is 107 cm³/mol. The van der Waals surface area contributed by atoms with Crippen LogP contribution in [0.4, 0.5) is 5.69 Å². The minimum Gasteiger partial charge on any atom is -0.497 e. The van der Waals surface area contributed by atoms with E-state index >= 15 is 0 Å². The highest BCUT2D eigenvalue weighted by Crippen LogP contribution is 2.12. The fraction of sp³-hybridized carbons (Fsp3) is 0.182. The van der Waals surface area contributed by atoms with Gasteiger partial charge in [-0.25, -0.2) is 0 Å². The molecule has 0 radical (unpaired) electrons. The molecule has 27 heavy (non-hydrogen) atoms. The van der Waals surface area contributed by atoms with Gasteiger partial charge in [0.15, 0.2) is 0 Å². The van der Waals surface area contributed by atoms with E-state index in [1.54, 1.807) is 19.5 Å². The third-order valence-corrected chi connectivity index (χ3v) is 4.20. The molecule has 0 atom stereocenters. The number of amides is 1. The van der Waals surface area contributed by atoms with Crippen LogP contribution in [0, 0.1) is 0 Å². The van der Waals surface area contributed by atoms with E-state index in [0.29, 0.717) is 18.7 Å². The molecular formula is C22H23N3O2. The number of rotatable bonds is 8. The standard InChI is InChI=1S/C22H23N3O2/c1-27-21-9-7-17(8-10-21)11-12-24-22(26)19-13-20(16-23-15-19)25-14-18-5-3-2-4-6-18/h2-10,13,15-16,25H,11-12,14H2,1H3,(H,24,26). The summed E-state index contributed by atoms with van der Waals surface area (Å²) in [6, 6.07) is 19.8. The van der Waals surface area contributed by atoms with E-state index in [-0.39, 0.29) is 5.91 Å². The molecule has 2 aromatic carbocycles. The van der Waals surface area contributed by atoms with E-state index in [0.717, 1.165) is 23.4 Å². The summed E-state index contributed by atoms with van der Waals surface area (Å²) < 4.78 is 5.15. The smallest absolute Gasteiger partial charge is 0.252 e. The van der Waals surface area contributed by atoms with Crippen molar-refractivity contribution in [2.75, 3.05) is 19.0 Å². The molecule has 5 heteroatoms. The Bertz CT molecular complexity index is 864. The van der Waals surface area contributed by atoms with Gasteiger partial charge in [-0.15, -0.1) is 0 Å². The molecule has 1 aromatic heterocycles. The Morgan fingerprint density at radius 2 is 1.78 bits per heavy atom. The topological polar surface area (TPSA) is 63.2 Å². The Balaban J connectivity index is 1.50. The third-order valence-electron chi connectivity index (χ3n) is 4.20. The average molecular weight is 361 g/mol. The zero-order chi connectivity index (χ0) is 18.9. The molecule has 2 N–H and O–H groups in total. The molecule has 0 saturated heterocycles. The Kier molecular flexibility index (Phi) is 6.41. The lowest BCUT2D eigenvalue weighted by molar-refractivity contribution is 0.0954. The van der Waals surface area contributed by atoms with Crippen molar-refractivity contribution < 1.29 is 9.53 Å². The number of pyridine rings is 1. The first kappa shape index (κ1) is 18.5. The third kappa shape index (κ3) is 5.57. The second kappa shape index (κ2) is 9.38. The highest BCUT2D eigenvalue weighted by molar-refractivity contribution is 5.94. The van der Waals surface area contributed by atoms with Gasteiger partial charge in [0.2, 0.25) is 0 Å². The second-order valence-corrected chi connectivity index (χ2v) is 6.16. The van der Waals surface area contributed by atoms with E-state index in [2.05, 4.69) is 27.8 Å². The zero-order valence-electron chi connectivity index (χ0n) is 15.3. The second-order valence-electron chi connectivity index (χ2n) is 6.16. The van der Waals surface area contributed by atoms with Gasteiger partial charge in [-0.2, -0.15) is 0 Å². The Labute approximate surface area is 159 Å². The van der Waals surface area contributed by atoms with Gasteiger partial charge in [-0.05, 0) is 35.7 Å². The highest BCUT2D eigenvalue weighted by atomic mass is 16.5. The molecule has 0 saturated carbocycles. The van der Waals surface area contributed by atoms with Crippen molar-refractivity contribution in [1.29, 1.82) is 0 Å². The number of methoxy groups -OCH3 is 1. The molecule has 1 heterocycles. The average Bonchev–Trinajstić information content (AvgIpc) is 2.73. The first-order valence-corrected chi connectivity index (χ1v) is 8.88. The van der Waals surface area contributed by atoms with Crippen molar-refractivity contribution >= 4 is 11.6 Å². The van der Waals surface area contributed by atoms with Gasteiger partial charge >= 0.3 is 0 Å². The predicted octanol–water partition coefficient (Wildman–Crippen LogP) is 3.67. The molecule has 1 amide bonds. The molecule has 0 unspecified atom stereocenters. The number of nitrogens with one attached hydrogen (secondary N) is 2. The van der Waals surface area contributed by atoms with Crippen molar-refractivity contribution in [3.8, 4) is 5.75 Å². The van der Waals surface area contributed by atoms with Gasteiger partial charge in [-0.1, -0.05) is 42.5 Å². The number of benzene rings is 2. The number of carbonyl (C=O) groups is 1. The molecule has 0 aliphatic rings. The van der Waals surface area contributed by atoms with Crippen LogP contribution in [0.3, 0.4) is 0 Å². The summed E-state index contributed by atoms with van der Waals surface area (Å²) in [6.07, 6.45) is 4.06. The number of hydrogen-bond acceptors (Lipinski definition) is 4. The summed E-state index contributed by atoms with van der Waals surface area (Å²) in [6.45, 7) is 1.25. The summed E-state index contributed by atoms with van der Waals surface area (Å²) >= 11 is 0. The molecule has 0 fully saturated rings. The number of nitrogens with zero attached hydrogens (tertiary/aromatic N) is 1. The van der Waals surface area contributed by atoms with Gasteiger partial charge < -0.3 is 15.4 Å². The number of ether oxygens (including phenoxy) is 1. The highest BCUT2D eigenvalue weighted by Gasteiger charge is 2.07. The van der Waals surface area contributed by atoms with Gasteiger partial charge in [0.1, 0.15) is 5.75 Å². The van der Waals surface area contributed by atoms with E-state index in [1.165, 1.54) is 5.56 Å². The van der Waals surface area contributed by atoms with Crippen LogP contribution in [0.2, 0.25) is 0 Å². The van der Waals surface area contributed by atoms with Crippen LogP contribution in [0.1, 0.15) is 21.5 Å². The lowest BCUT2D eigenvalue weighted by Gasteiger charge is -2.09. The minimum atomic E-state index is -0.126. The summed E-state index contributed by atoms with van der Waals surface area (Å²) in [4.78, 5) is 16.5. The van der Waals surface area contributed by atoms with Crippen LogP contribution in [-0.4, -0.2) is 24.5 Å².